The molecule has 1 aromatic carbocycles. The van der Waals surface area contributed by atoms with Crippen molar-refractivity contribution in [3.8, 4) is 0 Å². The van der Waals surface area contributed by atoms with Crippen LogP contribution in [0.3, 0.4) is 0 Å². The van der Waals surface area contributed by atoms with Crippen LogP contribution in [-0.2, 0) is 14.5 Å². The van der Waals surface area contributed by atoms with Crippen molar-refractivity contribution in [2.45, 2.75) is 64.4 Å². The number of hydrogen-bond acceptors (Lipinski definition) is 5. The van der Waals surface area contributed by atoms with E-state index in [0.29, 0.717) is 5.56 Å². The first-order valence-electron chi connectivity index (χ1n) is 8.83. The lowest BCUT2D eigenvalue weighted by atomic mass is 9.84. The average Bonchev–Trinajstić information content (AvgIpc) is 2.62. The normalized spacial score (nSPS) is 20.2. The lowest BCUT2D eigenvalue weighted by Crippen LogP contribution is -2.25. The van der Waals surface area contributed by atoms with E-state index in [2.05, 4.69) is 16.7 Å². The standard InChI is InChI=1S/C19H26O5/c1-2-3-5-8-15-11-13-17(14-12-15)22-19(21)24-23-18(20)16-9-6-4-7-10-16/h4,6-7,9-10,15,17H,2-3,5,8,11-14H2,1H3. The van der Waals surface area contributed by atoms with E-state index in [-0.39, 0.29) is 6.10 Å². The highest BCUT2D eigenvalue weighted by Crippen LogP contribution is 2.30. The van der Waals surface area contributed by atoms with Crippen LogP contribution in [0, 0.1) is 5.92 Å². The Bertz CT molecular complexity index is 506. The molecule has 1 aliphatic carbocycles. The van der Waals surface area contributed by atoms with Crippen LogP contribution in [0.25, 0.3) is 0 Å². The third kappa shape index (κ3) is 6.22. The van der Waals surface area contributed by atoms with Gasteiger partial charge in [0.2, 0.25) is 0 Å². The van der Waals surface area contributed by atoms with E-state index in [9.17, 15) is 9.59 Å². The molecular formula is C19H26O5. The van der Waals surface area contributed by atoms with Gasteiger partial charge < -0.3 is 4.74 Å². The summed E-state index contributed by atoms with van der Waals surface area (Å²) in [5, 5.41) is 0. The van der Waals surface area contributed by atoms with Crippen molar-refractivity contribution in [1.82, 2.24) is 0 Å². The van der Waals surface area contributed by atoms with Crippen molar-refractivity contribution < 1.29 is 24.1 Å². The molecule has 132 valence electrons. The van der Waals surface area contributed by atoms with Crippen molar-refractivity contribution >= 4 is 12.1 Å². The first-order chi connectivity index (χ1) is 11.7. The summed E-state index contributed by atoms with van der Waals surface area (Å²) in [6, 6.07) is 8.35. The van der Waals surface area contributed by atoms with Gasteiger partial charge in [-0.25, -0.2) is 14.6 Å². The fourth-order valence-electron chi connectivity index (χ4n) is 3.07. The Morgan fingerprint density at radius 3 is 2.38 bits per heavy atom. The van der Waals surface area contributed by atoms with Crippen LogP contribution in [0.1, 0.15) is 68.6 Å². The summed E-state index contributed by atoms with van der Waals surface area (Å²) in [5.41, 5.74) is 0.317. The molecule has 0 spiro atoms. The summed E-state index contributed by atoms with van der Waals surface area (Å²) in [6.45, 7) is 2.21. The predicted molar refractivity (Wildman–Crippen MR) is 89.3 cm³/mol. The lowest BCUT2D eigenvalue weighted by molar-refractivity contribution is -0.208. The molecule has 0 amide bonds. The molecule has 0 aliphatic heterocycles. The van der Waals surface area contributed by atoms with Crippen molar-refractivity contribution in [3.05, 3.63) is 35.9 Å². The molecule has 24 heavy (non-hydrogen) atoms. The second-order valence-electron chi connectivity index (χ2n) is 6.33. The number of benzene rings is 1. The Balaban J connectivity index is 1.62. The van der Waals surface area contributed by atoms with E-state index in [1.54, 1.807) is 30.3 Å². The van der Waals surface area contributed by atoms with E-state index in [4.69, 9.17) is 4.74 Å². The molecule has 0 unspecified atom stereocenters. The zero-order valence-electron chi connectivity index (χ0n) is 14.2. The number of hydrogen-bond donors (Lipinski definition) is 0. The molecule has 0 radical (unpaired) electrons. The number of carbonyl (C=O) groups is 2. The maximum absolute atomic E-state index is 11.7. The molecule has 1 aromatic rings. The lowest BCUT2D eigenvalue weighted by Gasteiger charge is -2.27. The number of rotatable bonds is 6. The third-order valence-electron chi connectivity index (χ3n) is 4.47. The molecule has 5 nitrogen and oxygen atoms in total. The molecule has 0 bridgehead atoms. The van der Waals surface area contributed by atoms with Gasteiger partial charge in [-0.3, -0.25) is 0 Å². The molecule has 0 aromatic heterocycles. The zero-order chi connectivity index (χ0) is 17.2. The SMILES string of the molecule is CCCCCC1CCC(OC(=O)OOC(=O)c2ccccc2)CC1. The van der Waals surface area contributed by atoms with Crippen molar-refractivity contribution in [2.24, 2.45) is 5.92 Å². The molecule has 5 heteroatoms. The molecule has 1 saturated carbocycles. The van der Waals surface area contributed by atoms with Crippen molar-refractivity contribution in [2.75, 3.05) is 0 Å². The Morgan fingerprint density at radius 2 is 1.71 bits per heavy atom. The maximum atomic E-state index is 11.7. The van der Waals surface area contributed by atoms with Crippen molar-refractivity contribution in [1.29, 1.82) is 0 Å². The van der Waals surface area contributed by atoms with Gasteiger partial charge in [0.1, 0.15) is 6.10 Å². The van der Waals surface area contributed by atoms with Crippen LogP contribution in [-0.4, -0.2) is 18.2 Å². The van der Waals surface area contributed by atoms with Gasteiger partial charge in [-0.05, 0) is 43.7 Å². The molecule has 0 heterocycles. The number of unbranched alkanes of at least 4 members (excludes halogenated alkanes) is 2. The van der Waals surface area contributed by atoms with Crippen LogP contribution in [0.15, 0.2) is 30.3 Å². The van der Waals surface area contributed by atoms with E-state index in [0.717, 1.165) is 31.6 Å². The van der Waals surface area contributed by atoms with Crippen LogP contribution < -0.4 is 0 Å². The summed E-state index contributed by atoms with van der Waals surface area (Å²) < 4.78 is 5.21. The van der Waals surface area contributed by atoms with Crippen molar-refractivity contribution in [3.63, 3.8) is 0 Å². The van der Waals surface area contributed by atoms with E-state index < -0.39 is 12.1 Å². The highest BCUT2D eigenvalue weighted by atomic mass is 17.2. The van der Waals surface area contributed by atoms with E-state index >= 15 is 0 Å². The van der Waals surface area contributed by atoms with Crippen LogP contribution in [0.2, 0.25) is 0 Å². The largest absolute Gasteiger partial charge is 0.550 e. The average molecular weight is 334 g/mol. The van der Waals surface area contributed by atoms with E-state index in [1.807, 2.05) is 0 Å². The highest BCUT2D eigenvalue weighted by Gasteiger charge is 2.25. The topological polar surface area (TPSA) is 61.8 Å². The monoisotopic (exact) mass is 334 g/mol. The Hall–Kier alpha value is -2.04. The van der Waals surface area contributed by atoms with Crippen LogP contribution in [0.5, 0.6) is 0 Å². The smallest absolute Gasteiger partial charge is 0.428 e. The van der Waals surface area contributed by atoms with E-state index in [1.165, 1.54) is 25.7 Å². The van der Waals surface area contributed by atoms with Gasteiger partial charge >= 0.3 is 12.1 Å². The summed E-state index contributed by atoms with van der Waals surface area (Å²) in [7, 11) is 0. The van der Waals surface area contributed by atoms with Gasteiger partial charge in [0.15, 0.2) is 0 Å². The molecule has 0 atom stereocenters. The van der Waals surface area contributed by atoms with Gasteiger partial charge in [-0.1, -0.05) is 50.8 Å². The van der Waals surface area contributed by atoms with Gasteiger partial charge in [-0.15, -0.1) is 0 Å². The summed E-state index contributed by atoms with van der Waals surface area (Å²) in [6.07, 6.45) is 7.82. The maximum Gasteiger partial charge on any atom is 0.550 e. The fourth-order valence-corrected chi connectivity index (χ4v) is 3.07. The summed E-state index contributed by atoms with van der Waals surface area (Å²) in [5.74, 6) is 0.0236. The van der Waals surface area contributed by atoms with Gasteiger partial charge in [0.05, 0.1) is 5.56 Å². The fraction of sp³-hybridized carbons (Fsp3) is 0.579. The first kappa shape index (κ1) is 18.3. The second kappa shape index (κ2) is 9.96. The summed E-state index contributed by atoms with van der Waals surface area (Å²) in [4.78, 5) is 32.2. The molecule has 1 aliphatic rings. The predicted octanol–water partition coefficient (Wildman–Crippen LogP) is 5.05. The van der Waals surface area contributed by atoms with Gasteiger partial charge in [0.25, 0.3) is 0 Å². The van der Waals surface area contributed by atoms with Gasteiger partial charge in [0, 0.05) is 0 Å². The Morgan fingerprint density at radius 1 is 1.00 bits per heavy atom. The first-order valence-corrected chi connectivity index (χ1v) is 8.83. The molecular weight excluding hydrogens is 308 g/mol. The number of carbonyl (C=O) groups excluding carboxylic acids is 2. The molecule has 2 rings (SSSR count). The number of ether oxygens (including phenoxy) is 1. The minimum Gasteiger partial charge on any atom is -0.428 e. The van der Waals surface area contributed by atoms with Gasteiger partial charge in [-0.2, -0.15) is 4.79 Å². The zero-order valence-corrected chi connectivity index (χ0v) is 14.2. The Kier molecular flexibility index (Phi) is 7.59. The molecule has 1 fully saturated rings. The van der Waals surface area contributed by atoms with Crippen LogP contribution in [0.4, 0.5) is 4.79 Å². The third-order valence-corrected chi connectivity index (χ3v) is 4.47. The quantitative estimate of drug-likeness (QED) is 0.315. The summed E-state index contributed by atoms with van der Waals surface area (Å²) >= 11 is 0. The Labute approximate surface area is 143 Å². The minimum absolute atomic E-state index is 0.143. The highest BCUT2D eigenvalue weighted by molar-refractivity contribution is 5.89. The molecule has 0 saturated heterocycles. The van der Waals surface area contributed by atoms with Crippen LogP contribution >= 0.6 is 0 Å². The molecule has 0 N–H and O–H groups in total. The second-order valence-corrected chi connectivity index (χ2v) is 6.33. The minimum atomic E-state index is -0.950.